The number of rotatable bonds is 5. The number of nitrogens with two attached hydrogens (primary N) is 1. The first-order valence-corrected chi connectivity index (χ1v) is 6.55. The van der Waals surface area contributed by atoms with Gasteiger partial charge in [0.1, 0.15) is 5.75 Å². The lowest BCUT2D eigenvalue weighted by molar-refractivity contribution is 0.317. The quantitative estimate of drug-likeness (QED) is 0.791. The van der Waals surface area contributed by atoms with Gasteiger partial charge in [-0.3, -0.25) is 0 Å². The van der Waals surface area contributed by atoms with Crippen LogP contribution in [0.5, 0.6) is 5.75 Å². The molecule has 2 aromatic rings. The topological polar surface area (TPSA) is 47.3 Å². The number of anilines is 3. The molecule has 0 saturated carbocycles. The molecule has 0 fully saturated rings. The Morgan fingerprint density at radius 3 is 2.53 bits per heavy atom. The third-order valence-electron chi connectivity index (χ3n) is 2.93. The monoisotopic (exact) mass is 256 g/mol. The van der Waals surface area contributed by atoms with Crippen LogP contribution in [0.4, 0.5) is 17.1 Å². The molecule has 19 heavy (non-hydrogen) atoms. The summed E-state index contributed by atoms with van der Waals surface area (Å²) in [6.45, 7) is 4.84. The zero-order valence-corrected chi connectivity index (χ0v) is 11.4. The molecule has 0 atom stereocenters. The van der Waals surface area contributed by atoms with Gasteiger partial charge in [0, 0.05) is 5.69 Å². The highest BCUT2D eigenvalue weighted by Gasteiger charge is 2.02. The summed E-state index contributed by atoms with van der Waals surface area (Å²) >= 11 is 0. The lowest BCUT2D eigenvalue weighted by Crippen LogP contribution is -1.98. The van der Waals surface area contributed by atoms with Gasteiger partial charge in [0.25, 0.3) is 0 Å². The Morgan fingerprint density at radius 2 is 1.84 bits per heavy atom. The molecule has 100 valence electrons. The Kier molecular flexibility index (Phi) is 4.29. The maximum absolute atomic E-state index is 6.04. The standard InChI is InChI=1S/C16H20N2O/c1-3-11-19-14-9-7-13(8-10-14)18-15-6-4-5-12(2)16(15)17/h4-10,18H,3,11,17H2,1-2H3. The Labute approximate surface area is 114 Å². The third kappa shape index (κ3) is 3.41. The minimum atomic E-state index is 0.748. The fraction of sp³-hybridized carbons (Fsp3) is 0.250. The van der Waals surface area contributed by atoms with Gasteiger partial charge in [0.05, 0.1) is 18.0 Å². The second kappa shape index (κ2) is 6.14. The number of ether oxygens (including phenoxy) is 1. The average molecular weight is 256 g/mol. The molecule has 0 radical (unpaired) electrons. The molecular weight excluding hydrogens is 236 g/mol. The summed E-state index contributed by atoms with van der Waals surface area (Å²) < 4.78 is 5.55. The molecule has 3 heteroatoms. The first-order chi connectivity index (χ1) is 9.20. The van der Waals surface area contributed by atoms with Crippen LogP contribution in [0.3, 0.4) is 0 Å². The van der Waals surface area contributed by atoms with Crippen LogP contribution < -0.4 is 15.8 Å². The van der Waals surface area contributed by atoms with E-state index in [2.05, 4.69) is 12.2 Å². The average Bonchev–Trinajstić information content (AvgIpc) is 2.43. The number of nitrogen functional groups attached to an aromatic ring is 1. The molecule has 3 N–H and O–H groups in total. The number of hydrogen-bond donors (Lipinski definition) is 2. The Balaban J connectivity index is 2.09. The SMILES string of the molecule is CCCOc1ccc(Nc2cccc(C)c2N)cc1. The highest BCUT2D eigenvalue weighted by molar-refractivity contribution is 5.75. The van der Waals surface area contributed by atoms with Gasteiger partial charge in [-0.25, -0.2) is 0 Å². The van der Waals surface area contributed by atoms with Crippen LogP contribution in [0.2, 0.25) is 0 Å². The number of hydrogen-bond acceptors (Lipinski definition) is 3. The summed E-state index contributed by atoms with van der Waals surface area (Å²) in [7, 11) is 0. The van der Waals surface area contributed by atoms with Gasteiger partial charge in [-0.05, 0) is 49.2 Å². The van der Waals surface area contributed by atoms with Crippen molar-refractivity contribution in [1.82, 2.24) is 0 Å². The van der Waals surface area contributed by atoms with Gasteiger partial charge in [0.2, 0.25) is 0 Å². The number of nitrogens with one attached hydrogen (secondary N) is 1. The van der Waals surface area contributed by atoms with Crippen molar-refractivity contribution < 1.29 is 4.74 Å². The van der Waals surface area contributed by atoms with Crippen molar-refractivity contribution in [3.63, 3.8) is 0 Å². The zero-order valence-electron chi connectivity index (χ0n) is 11.4. The van der Waals surface area contributed by atoms with Crippen molar-refractivity contribution in [2.24, 2.45) is 0 Å². The Hall–Kier alpha value is -2.16. The third-order valence-corrected chi connectivity index (χ3v) is 2.93. The zero-order chi connectivity index (χ0) is 13.7. The minimum absolute atomic E-state index is 0.748. The van der Waals surface area contributed by atoms with Gasteiger partial charge in [0.15, 0.2) is 0 Å². The summed E-state index contributed by atoms with van der Waals surface area (Å²) in [6.07, 6.45) is 1.01. The predicted octanol–water partition coefficient (Wildman–Crippen LogP) is 4.11. The van der Waals surface area contributed by atoms with E-state index < -0.39 is 0 Å². The summed E-state index contributed by atoms with van der Waals surface area (Å²) in [5.74, 6) is 0.893. The van der Waals surface area contributed by atoms with Gasteiger partial charge in [-0.1, -0.05) is 19.1 Å². The first kappa shape index (κ1) is 13.3. The molecule has 0 amide bonds. The van der Waals surface area contributed by atoms with E-state index in [-0.39, 0.29) is 0 Å². The summed E-state index contributed by atoms with van der Waals surface area (Å²) in [5.41, 5.74) is 9.84. The molecule has 0 saturated heterocycles. The van der Waals surface area contributed by atoms with Crippen molar-refractivity contribution in [3.05, 3.63) is 48.0 Å². The van der Waals surface area contributed by atoms with Crippen molar-refractivity contribution in [3.8, 4) is 5.75 Å². The number of aryl methyl sites for hydroxylation is 1. The van der Waals surface area contributed by atoms with E-state index >= 15 is 0 Å². The van der Waals surface area contributed by atoms with Crippen LogP contribution in [0.1, 0.15) is 18.9 Å². The molecule has 3 nitrogen and oxygen atoms in total. The summed E-state index contributed by atoms with van der Waals surface area (Å²) in [4.78, 5) is 0. The first-order valence-electron chi connectivity index (χ1n) is 6.55. The molecule has 0 spiro atoms. The van der Waals surface area contributed by atoms with Gasteiger partial charge >= 0.3 is 0 Å². The molecule has 0 heterocycles. The van der Waals surface area contributed by atoms with Crippen LogP contribution in [0, 0.1) is 6.92 Å². The van der Waals surface area contributed by atoms with Crippen molar-refractivity contribution in [2.45, 2.75) is 20.3 Å². The lowest BCUT2D eigenvalue weighted by atomic mass is 10.1. The maximum atomic E-state index is 6.04. The van der Waals surface area contributed by atoms with E-state index in [1.165, 1.54) is 0 Å². The fourth-order valence-electron chi connectivity index (χ4n) is 1.80. The van der Waals surface area contributed by atoms with Crippen LogP contribution in [0.15, 0.2) is 42.5 Å². The molecule has 2 rings (SSSR count). The van der Waals surface area contributed by atoms with E-state index in [0.29, 0.717) is 0 Å². The van der Waals surface area contributed by atoms with Gasteiger partial charge in [-0.2, -0.15) is 0 Å². The highest BCUT2D eigenvalue weighted by atomic mass is 16.5. The lowest BCUT2D eigenvalue weighted by Gasteiger charge is -2.12. The highest BCUT2D eigenvalue weighted by Crippen LogP contribution is 2.26. The van der Waals surface area contributed by atoms with Gasteiger partial charge < -0.3 is 15.8 Å². The smallest absolute Gasteiger partial charge is 0.119 e. The second-order valence-corrected chi connectivity index (χ2v) is 4.53. The summed E-state index contributed by atoms with van der Waals surface area (Å²) in [5, 5.41) is 3.32. The van der Waals surface area contributed by atoms with Crippen LogP contribution >= 0.6 is 0 Å². The fourth-order valence-corrected chi connectivity index (χ4v) is 1.80. The molecule has 2 aromatic carbocycles. The maximum Gasteiger partial charge on any atom is 0.119 e. The minimum Gasteiger partial charge on any atom is -0.494 e. The Morgan fingerprint density at radius 1 is 1.11 bits per heavy atom. The number of para-hydroxylation sites is 1. The van der Waals surface area contributed by atoms with E-state index in [4.69, 9.17) is 10.5 Å². The van der Waals surface area contributed by atoms with Crippen LogP contribution in [0.25, 0.3) is 0 Å². The number of benzene rings is 2. The van der Waals surface area contributed by atoms with Crippen molar-refractivity contribution in [2.75, 3.05) is 17.7 Å². The molecule has 0 aromatic heterocycles. The largest absolute Gasteiger partial charge is 0.494 e. The van der Waals surface area contributed by atoms with Crippen molar-refractivity contribution >= 4 is 17.1 Å². The van der Waals surface area contributed by atoms with E-state index in [9.17, 15) is 0 Å². The molecular formula is C16H20N2O. The van der Waals surface area contributed by atoms with E-state index in [0.717, 1.165) is 41.4 Å². The molecule has 0 aliphatic carbocycles. The van der Waals surface area contributed by atoms with E-state index in [1.807, 2.05) is 49.4 Å². The Bertz CT molecular complexity index is 535. The van der Waals surface area contributed by atoms with E-state index in [1.54, 1.807) is 0 Å². The van der Waals surface area contributed by atoms with Crippen molar-refractivity contribution in [1.29, 1.82) is 0 Å². The second-order valence-electron chi connectivity index (χ2n) is 4.53. The molecule has 0 unspecified atom stereocenters. The van der Waals surface area contributed by atoms with Gasteiger partial charge in [-0.15, -0.1) is 0 Å². The predicted molar refractivity (Wildman–Crippen MR) is 81.1 cm³/mol. The molecule has 0 aliphatic rings. The van der Waals surface area contributed by atoms with Crippen LogP contribution in [-0.2, 0) is 0 Å². The molecule has 0 aliphatic heterocycles. The summed E-state index contributed by atoms with van der Waals surface area (Å²) in [6, 6.07) is 13.9. The normalized spacial score (nSPS) is 10.2. The van der Waals surface area contributed by atoms with Crippen LogP contribution in [-0.4, -0.2) is 6.61 Å². The molecule has 0 bridgehead atoms.